The van der Waals surface area contributed by atoms with Crippen molar-refractivity contribution in [2.75, 3.05) is 25.5 Å². The fourth-order valence-electron chi connectivity index (χ4n) is 3.76. The predicted molar refractivity (Wildman–Crippen MR) is 89.0 cm³/mol. The molecular weight excluding hydrogens is 272 g/mol. The van der Waals surface area contributed by atoms with E-state index in [0.717, 1.165) is 18.3 Å². The highest BCUT2D eigenvalue weighted by molar-refractivity contribution is 5.38. The number of fused-ring (bicyclic) bond motifs is 1. The zero-order valence-electron chi connectivity index (χ0n) is 13.4. The minimum Gasteiger partial charge on any atom is -0.373 e. The molecule has 2 aromatic rings. The highest BCUT2D eigenvalue weighted by atomic mass is 15.3. The Hall–Kier alpha value is -1.81. The van der Waals surface area contributed by atoms with Gasteiger partial charge in [-0.3, -0.25) is 9.58 Å². The molecule has 2 unspecified atom stereocenters. The van der Waals surface area contributed by atoms with E-state index in [4.69, 9.17) is 0 Å². The zero-order chi connectivity index (χ0) is 15.1. The van der Waals surface area contributed by atoms with Gasteiger partial charge in [0.15, 0.2) is 0 Å². The quantitative estimate of drug-likeness (QED) is 0.941. The Morgan fingerprint density at radius 3 is 2.86 bits per heavy atom. The third kappa shape index (κ3) is 2.52. The largest absolute Gasteiger partial charge is 0.373 e. The molecule has 4 heteroatoms. The Labute approximate surface area is 132 Å². The van der Waals surface area contributed by atoms with E-state index >= 15 is 0 Å². The van der Waals surface area contributed by atoms with Gasteiger partial charge in [-0.15, -0.1) is 0 Å². The highest BCUT2D eigenvalue weighted by Gasteiger charge is 2.41. The normalized spacial score (nSPS) is 24.1. The first-order valence-electron chi connectivity index (χ1n) is 8.25. The maximum absolute atomic E-state index is 4.66. The molecule has 4 rings (SSSR count). The van der Waals surface area contributed by atoms with Crippen molar-refractivity contribution in [1.29, 1.82) is 0 Å². The summed E-state index contributed by atoms with van der Waals surface area (Å²) in [5.41, 5.74) is 4.31. The molecule has 2 aliphatic rings. The number of rotatable bonds is 4. The average Bonchev–Trinajstić information content (AvgIpc) is 3.20. The predicted octanol–water partition coefficient (Wildman–Crippen LogP) is 2.62. The molecule has 1 aliphatic heterocycles. The fourth-order valence-corrected chi connectivity index (χ4v) is 3.76. The van der Waals surface area contributed by atoms with E-state index in [0.29, 0.717) is 5.92 Å². The zero-order valence-corrected chi connectivity index (χ0v) is 13.4. The standard InChI is InChI=1S/C18H24N4/c1-19-18-10-17(20-21(18)2)16-9-15(16)12-22-8-7-13-5-3-4-6-14(13)11-22/h3-6,10,15-16,19H,7-9,11-12H2,1-2H3. The summed E-state index contributed by atoms with van der Waals surface area (Å²) in [6.45, 7) is 3.53. The molecule has 0 radical (unpaired) electrons. The molecular formula is C18H24N4. The molecule has 1 saturated carbocycles. The molecule has 2 atom stereocenters. The van der Waals surface area contributed by atoms with Crippen LogP contribution in [0, 0.1) is 5.92 Å². The summed E-state index contributed by atoms with van der Waals surface area (Å²) in [6, 6.07) is 11.1. The summed E-state index contributed by atoms with van der Waals surface area (Å²) in [7, 11) is 3.96. The Morgan fingerprint density at radius 2 is 2.09 bits per heavy atom. The van der Waals surface area contributed by atoms with Crippen LogP contribution in [-0.2, 0) is 20.0 Å². The molecule has 0 spiro atoms. The van der Waals surface area contributed by atoms with Crippen LogP contribution < -0.4 is 5.32 Å². The molecule has 0 saturated heterocycles. The topological polar surface area (TPSA) is 33.1 Å². The number of nitrogens with zero attached hydrogens (tertiary/aromatic N) is 3. The van der Waals surface area contributed by atoms with Gasteiger partial charge >= 0.3 is 0 Å². The molecule has 1 aromatic heterocycles. The lowest BCUT2D eigenvalue weighted by molar-refractivity contribution is 0.242. The van der Waals surface area contributed by atoms with Gasteiger partial charge in [-0.2, -0.15) is 5.10 Å². The maximum Gasteiger partial charge on any atom is 0.123 e. The second kappa shape index (κ2) is 5.43. The van der Waals surface area contributed by atoms with Gasteiger partial charge in [0.25, 0.3) is 0 Å². The smallest absolute Gasteiger partial charge is 0.123 e. The van der Waals surface area contributed by atoms with Gasteiger partial charge in [0.05, 0.1) is 5.69 Å². The molecule has 0 bridgehead atoms. The Kier molecular flexibility index (Phi) is 3.41. The van der Waals surface area contributed by atoms with E-state index in [-0.39, 0.29) is 0 Å². The van der Waals surface area contributed by atoms with E-state index in [1.54, 1.807) is 0 Å². The summed E-state index contributed by atoms with van der Waals surface area (Å²) < 4.78 is 1.95. The lowest BCUT2D eigenvalue weighted by atomic mass is 10.00. The van der Waals surface area contributed by atoms with E-state index < -0.39 is 0 Å². The van der Waals surface area contributed by atoms with Crippen LogP contribution in [0.2, 0.25) is 0 Å². The Balaban J connectivity index is 1.38. The first-order valence-corrected chi connectivity index (χ1v) is 8.25. The summed E-state index contributed by atoms with van der Waals surface area (Å²) >= 11 is 0. The van der Waals surface area contributed by atoms with Crippen molar-refractivity contribution < 1.29 is 0 Å². The van der Waals surface area contributed by atoms with Crippen molar-refractivity contribution in [2.45, 2.75) is 25.3 Å². The van der Waals surface area contributed by atoms with Crippen LogP contribution in [0.4, 0.5) is 5.82 Å². The third-order valence-corrected chi connectivity index (χ3v) is 5.16. The summed E-state index contributed by atoms with van der Waals surface area (Å²) in [5.74, 6) is 2.54. The van der Waals surface area contributed by atoms with E-state index in [1.807, 2.05) is 18.8 Å². The number of hydrogen-bond donors (Lipinski definition) is 1. The van der Waals surface area contributed by atoms with Crippen LogP contribution in [0.15, 0.2) is 30.3 Å². The molecule has 1 aromatic carbocycles. The van der Waals surface area contributed by atoms with Crippen LogP contribution in [0.25, 0.3) is 0 Å². The summed E-state index contributed by atoms with van der Waals surface area (Å²) in [5, 5.41) is 7.85. The van der Waals surface area contributed by atoms with E-state index in [1.165, 1.54) is 42.8 Å². The number of benzene rings is 1. The lowest BCUT2D eigenvalue weighted by Gasteiger charge is -2.28. The monoisotopic (exact) mass is 296 g/mol. The average molecular weight is 296 g/mol. The fraction of sp³-hybridized carbons (Fsp3) is 0.500. The SMILES string of the molecule is CNc1cc(C2CC2CN2CCc3ccccc3C2)nn1C. The van der Waals surface area contributed by atoms with Crippen LogP contribution in [0.5, 0.6) is 0 Å². The number of nitrogens with one attached hydrogen (secondary N) is 1. The summed E-state index contributed by atoms with van der Waals surface area (Å²) in [6.07, 6.45) is 2.49. The van der Waals surface area contributed by atoms with Crippen molar-refractivity contribution >= 4 is 5.82 Å². The first-order chi connectivity index (χ1) is 10.7. The minimum atomic E-state index is 0.658. The van der Waals surface area contributed by atoms with E-state index in [2.05, 4.69) is 45.6 Å². The first kappa shape index (κ1) is 13.8. The number of hydrogen-bond acceptors (Lipinski definition) is 3. The van der Waals surface area contributed by atoms with Crippen molar-refractivity contribution in [1.82, 2.24) is 14.7 Å². The van der Waals surface area contributed by atoms with Crippen molar-refractivity contribution in [3.8, 4) is 0 Å². The summed E-state index contributed by atoms with van der Waals surface area (Å²) in [4.78, 5) is 2.62. The molecule has 116 valence electrons. The second-order valence-electron chi connectivity index (χ2n) is 6.68. The minimum absolute atomic E-state index is 0.658. The van der Waals surface area contributed by atoms with Gasteiger partial charge in [-0.1, -0.05) is 24.3 Å². The number of aromatic nitrogens is 2. The van der Waals surface area contributed by atoms with Gasteiger partial charge in [-0.25, -0.2) is 0 Å². The van der Waals surface area contributed by atoms with Gasteiger partial charge in [0.1, 0.15) is 5.82 Å². The second-order valence-corrected chi connectivity index (χ2v) is 6.68. The number of anilines is 1. The van der Waals surface area contributed by atoms with E-state index in [9.17, 15) is 0 Å². The van der Waals surface area contributed by atoms with Gasteiger partial charge in [0, 0.05) is 45.7 Å². The molecule has 1 fully saturated rings. The molecule has 4 nitrogen and oxygen atoms in total. The molecule has 1 aliphatic carbocycles. The Morgan fingerprint density at radius 1 is 1.27 bits per heavy atom. The van der Waals surface area contributed by atoms with Crippen molar-refractivity contribution in [2.24, 2.45) is 13.0 Å². The van der Waals surface area contributed by atoms with Crippen LogP contribution in [-0.4, -0.2) is 34.8 Å². The molecule has 22 heavy (non-hydrogen) atoms. The van der Waals surface area contributed by atoms with Gasteiger partial charge in [-0.05, 0) is 29.9 Å². The maximum atomic E-state index is 4.66. The lowest BCUT2D eigenvalue weighted by Crippen LogP contribution is -2.32. The van der Waals surface area contributed by atoms with Crippen LogP contribution in [0.3, 0.4) is 0 Å². The third-order valence-electron chi connectivity index (χ3n) is 5.16. The highest BCUT2D eigenvalue weighted by Crippen LogP contribution is 2.48. The van der Waals surface area contributed by atoms with Crippen molar-refractivity contribution in [3.63, 3.8) is 0 Å². The van der Waals surface area contributed by atoms with Crippen LogP contribution >= 0.6 is 0 Å². The van der Waals surface area contributed by atoms with Gasteiger partial charge in [0.2, 0.25) is 0 Å². The molecule has 1 N–H and O–H groups in total. The van der Waals surface area contributed by atoms with Crippen molar-refractivity contribution in [3.05, 3.63) is 47.2 Å². The van der Waals surface area contributed by atoms with Crippen LogP contribution in [0.1, 0.15) is 29.2 Å². The number of aryl methyl sites for hydroxylation is 1. The Bertz CT molecular complexity index is 675. The molecule has 2 heterocycles. The van der Waals surface area contributed by atoms with Gasteiger partial charge < -0.3 is 5.32 Å². The molecule has 0 amide bonds.